The number of thiocarbonyl (C=S) groups is 1. The zero-order valence-electron chi connectivity index (χ0n) is 17.8. The number of hydrazine groups is 1. The van der Waals surface area contributed by atoms with E-state index in [0.29, 0.717) is 48.9 Å². The molecule has 2 rings (SSSR count). The van der Waals surface area contributed by atoms with Gasteiger partial charge in [0.05, 0.1) is 0 Å². The summed E-state index contributed by atoms with van der Waals surface area (Å²) in [5.41, 5.74) is 5.06. The van der Waals surface area contributed by atoms with Crippen LogP contribution in [0.5, 0.6) is 0 Å². The molecule has 2 aliphatic rings. The molecule has 1 saturated carbocycles. The van der Waals surface area contributed by atoms with Crippen LogP contribution in [0.25, 0.3) is 0 Å². The Morgan fingerprint density at radius 3 is 2.29 bits per heavy atom. The second kappa shape index (κ2) is 9.76. The minimum Gasteiger partial charge on any atom is -0.444 e. The minimum absolute atomic E-state index is 0.0851. The van der Waals surface area contributed by atoms with E-state index in [-0.39, 0.29) is 17.9 Å². The van der Waals surface area contributed by atoms with Gasteiger partial charge in [-0.2, -0.15) is 0 Å². The quantitative estimate of drug-likeness (QED) is 0.478. The number of amides is 2. The number of piperidine rings is 1. The first-order chi connectivity index (χ1) is 13.1. The van der Waals surface area contributed by atoms with E-state index in [1.165, 1.54) is 12.8 Å². The summed E-state index contributed by atoms with van der Waals surface area (Å²) in [6, 6.07) is 0.345. The molecule has 2 fully saturated rings. The van der Waals surface area contributed by atoms with Gasteiger partial charge in [0.25, 0.3) is 0 Å². The van der Waals surface area contributed by atoms with Crippen LogP contribution in [0.3, 0.4) is 0 Å². The zero-order chi connectivity index (χ0) is 20.9. The largest absolute Gasteiger partial charge is 0.444 e. The fourth-order valence-corrected chi connectivity index (χ4v) is 4.06. The molecule has 1 heterocycles. The van der Waals surface area contributed by atoms with Gasteiger partial charge in [0.1, 0.15) is 5.60 Å². The van der Waals surface area contributed by atoms with E-state index in [0.717, 1.165) is 6.42 Å². The molecule has 0 unspecified atom stereocenters. The summed E-state index contributed by atoms with van der Waals surface area (Å²) in [4.78, 5) is 26.2. The summed E-state index contributed by atoms with van der Waals surface area (Å²) in [6.45, 7) is 11.1. The Bertz CT molecular complexity index is 570. The first-order valence-electron chi connectivity index (χ1n) is 10.4. The molecule has 0 aromatic carbocycles. The molecule has 28 heavy (non-hydrogen) atoms. The summed E-state index contributed by atoms with van der Waals surface area (Å²) in [5.74, 6) is 1.01. The van der Waals surface area contributed by atoms with Crippen molar-refractivity contribution >= 4 is 29.3 Å². The summed E-state index contributed by atoms with van der Waals surface area (Å²) in [6.07, 6.45) is 4.48. The summed E-state index contributed by atoms with van der Waals surface area (Å²) in [7, 11) is 0. The highest BCUT2D eigenvalue weighted by Gasteiger charge is 2.30. The van der Waals surface area contributed by atoms with Crippen molar-refractivity contribution in [2.45, 2.75) is 78.4 Å². The molecule has 0 spiro atoms. The second-order valence-corrected chi connectivity index (χ2v) is 9.61. The Hall–Kier alpha value is -1.57. The third-order valence-electron chi connectivity index (χ3n) is 5.84. The van der Waals surface area contributed by atoms with Crippen molar-refractivity contribution in [3.05, 3.63) is 0 Å². The van der Waals surface area contributed by atoms with E-state index in [1.807, 2.05) is 20.8 Å². The van der Waals surface area contributed by atoms with E-state index in [2.05, 4.69) is 30.0 Å². The fraction of sp³-hybridized carbons (Fsp3) is 0.850. The zero-order valence-corrected chi connectivity index (χ0v) is 18.7. The first kappa shape index (κ1) is 22.7. The smallest absolute Gasteiger partial charge is 0.410 e. The molecule has 2 amide bonds. The lowest BCUT2D eigenvalue weighted by Crippen LogP contribution is -2.54. The highest BCUT2D eigenvalue weighted by atomic mass is 32.1. The topological polar surface area (TPSA) is 82.7 Å². The van der Waals surface area contributed by atoms with Gasteiger partial charge in [0, 0.05) is 25.0 Å². The molecule has 0 aromatic heterocycles. The van der Waals surface area contributed by atoms with Gasteiger partial charge in [0.15, 0.2) is 5.11 Å². The maximum Gasteiger partial charge on any atom is 0.410 e. The molecule has 0 aromatic rings. The fourth-order valence-electron chi connectivity index (χ4n) is 3.86. The molecule has 3 N–H and O–H groups in total. The van der Waals surface area contributed by atoms with E-state index in [4.69, 9.17) is 17.0 Å². The molecule has 0 bridgehead atoms. The van der Waals surface area contributed by atoms with Crippen molar-refractivity contribution in [1.82, 2.24) is 21.1 Å². The van der Waals surface area contributed by atoms with Gasteiger partial charge in [-0.3, -0.25) is 15.6 Å². The second-order valence-electron chi connectivity index (χ2n) is 9.20. The Morgan fingerprint density at radius 2 is 1.68 bits per heavy atom. The van der Waals surface area contributed by atoms with Crippen molar-refractivity contribution in [2.24, 2.45) is 17.8 Å². The molecule has 8 heteroatoms. The van der Waals surface area contributed by atoms with E-state index < -0.39 is 5.60 Å². The van der Waals surface area contributed by atoms with Crippen LogP contribution >= 0.6 is 12.2 Å². The van der Waals surface area contributed by atoms with Gasteiger partial charge in [-0.25, -0.2) is 4.79 Å². The maximum atomic E-state index is 12.4. The Kier molecular flexibility index (Phi) is 7.92. The van der Waals surface area contributed by atoms with Gasteiger partial charge in [-0.1, -0.05) is 26.7 Å². The SMILES string of the molecule is C[C@H]1[C@@H](NC(=S)NNC(=O)C2CCN(C(=O)OC(C)(C)C)CC2)CCC[C@@H]1C. The van der Waals surface area contributed by atoms with E-state index in [9.17, 15) is 9.59 Å². The van der Waals surface area contributed by atoms with Crippen LogP contribution in [-0.4, -0.2) is 46.7 Å². The first-order valence-corrected chi connectivity index (χ1v) is 10.8. The van der Waals surface area contributed by atoms with Crippen molar-refractivity contribution in [2.75, 3.05) is 13.1 Å². The highest BCUT2D eigenvalue weighted by Crippen LogP contribution is 2.29. The van der Waals surface area contributed by atoms with Gasteiger partial charge in [-0.15, -0.1) is 0 Å². The molecular formula is C20H36N4O3S. The number of nitrogens with zero attached hydrogens (tertiary/aromatic N) is 1. The monoisotopic (exact) mass is 412 g/mol. The summed E-state index contributed by atoms with van der Waals surface area (Å²) in [5, 5.41) is 3.80. The van der Waals surface area contributed by atoms with Gasteiger partial charge in [0.2, 0.25) is 5.91 Å². The number of hydrogen-bond acceptors (Lipinski definition) is 4. The normalized spacial score (nSPS) is 26.3. The number of hydrogen-bond donors (Lipinski definition) is 3. The average Bonchev–Trinajstić information content (AvgIpc) is 2.62. The number of likely N-dealkylation sites (tertiary alicyclic amines) is 1. The third kappa shape index (κ3) is 6.79. The van der Waals surface area contributed by atoms with Crippen LogP contribution in [0.2, 0.25) is 0 Å². The Morgan fingerprint density at radius 1 is 1.04 bits per heavy atom. The number of carbonyl (C=O) groups excluding carboxylic acids is 2. The number of ether oxygens (including phenoxy) is 1. The highest BCUT2D eigenvalue weighted by molar-refractivity contribution is 7.80. The lowest BCUT2D eigenvalue weighted by molar-refractivity contribution is -0.127. The van der Waals surface area contributed by atoms with Crippen molar-refractivity contribution in [3.63, 3.8) is 0 Å². The van der Waals surface area contributed by atoms with E-state index >= 15 is 0 Å². The molecule has 3 atom stereocenters. The summed E-state index contributed by atoms with van der Waals surface area (Å²) < 4.78 is 5.39. The van der Waals surface area contributed by atoms with Crippen LogP contribution in [0.15, 0.2) is 0 Å². The molecule has 1 aliphatic heterocycles. The van der Waals surface area contributed by atoms with Crippen LogP contribution in [0.1, 0.15) is 66.7 Å². The van der Waals surface area contributed by atoms with Gasteiger partial charge in [-0.05, 0) is 64.1 Å². The van der Waals surface area contributed by atoms with Gasteiger partial charge < -0.3 is 15.0 Å². The predicted molar refractivity (Wildman–Crippen MR) is 114 cm³/mol. The molecular weight excluding hydrogens is 376 g/mol. The third-order valence-corrected chi connectivity index (χ3v) is 6.06. The minimum atomic E-state index is -0.508. The number of rotatable bonds is 2. The van der Waals surface area contributed by atoms with Crippen LogP contribution in [0, 0.1) is 17.8 Å². The lowest BCUT2D eigenvalue weighted by Gasteiger charge is -2.35. The number of carbonyl (C=O) groups is 2. The predicted octanol–water partition coefficient (Wildman–Crippen LogP) is 2.95. The average molecular weight is 413 g/mol. The van der Waals surface area contributed by atoms with Crippen LogP contribution < -0.4 is 16.2 Å². The van der Waals surface area contributed by atoms with Gasteiger partial charge >= 0.3 is 6.09 Å². The van der Waals surface area contributed by atoms with Crippen molar-refractivity contribution < 1.29 is 14.3 Å². The number of nitrogens with one attached hydrogen (secondary N) is 3. The molecule has 1 saturated heterocycles. The lowest BCUT2D eigenvalue weighted by atomic mass is 9.78. The standard InChI is InChI=1S/C20H36N4O3S/c1-13-7-6-8-16(14(13)2)21-18(28)23-22-17(25)15-9-11-24(12-10-15)19(26)27-20(3,4)5/h13-16H,6-12H2,1-5H3,(H,22,25)(H2,21,23,28)/t13-,14+,16-/m0/s1. The van der Waals surface area contributed by atoms with E-state index in [1.54, 1.807) is 4.90 Å². The van der Waals surface area contributed by atoms with Crippen molar-refractivity contribution in [1.29, 1.82) is 0 Å². The summed E-state index contributed by atoms with van der Waals surface area (Å²) >= 11 is 5.34. The van der Waals surface area contributed by atoms with Crippen molar-refractivity contribution in [3.8, 4) is 0 Å². The molecule has 7 nitrogen and oxygen atoms in total. The molecule has 1 aliphatic carbocycles. The van der Waals surface area contributed by atoms with Crippen LogP contribution in [-0.2, 0) is 9.53 Å². The Labute approximate surface area is 174 Å². The maximum absolute atomic E-state index is 12.4. The molecule has 160 valence electrons. The Balaban J connectivity index is 1.70. The van der Waals surface area contributed by atoms with Crippen LogP contribution in [0.4, 0.5) is 4.79 Å². The molecule has 0 radical (unpaired) electrons.